The molecule has 0 aliphatic carbocycles. The Morgan fingerprint density at radius 1 is 1.16 bits per heavy atom. The maximum Gasteiger partial charge on any atom is 0.0705 e. The van der Waals surface area contributed by atoms with Crippen molar-refractivity contribution >= 4 is 10.9 Å². The van der Waals surface area contributed by atoms with Crippen LogP contribution >= 0.6 is 0 Å². The van der Waals surface area contributed by atoms with E-state index in [1.54, 1.807) is 0 Å². The first-order valence-corrected chi connectivity index (χ1v) is 9.75. The number of nitrogens with one attached hydrogen (secondary N) is 1. The molecule has 1 unspecified atom stereocenters. The number of aromatic nitrogens is 1. The van der Waals surface area contributed by atoms with Gasteiger partial charge in [-0.25, -0.2) is 0 Å². The van der Waals surface area contributed by atoms with Gasteiger partial charge in [-0.15, -0.1) is 0 Å². The SMILES string of the molecule is c1cnc2cc(CN3CCC(CCC4CNCCO4)CC3)ccc2c1. The van der Waals surface area contributed by atoms with E-state index in [9.17, 15) is 0 Å². The Bertz CT molecular complexity index is 676. The minimum absolute atomic E-state index is 0.442. The molecule has 0 bridgehead atoms. The number of morpholine rings is 1. The van der Waals surface area contributed by atoms with Crippen LogP contribution in [0.4, 0.5) is 0 Å². The lowest BCUT2D eigenvalue weighted by Gasteiger charge is -2.33. The molecule has 2 saturated heterocycles. The van der Waals surface area contributed by atoms with Crippen molar-refractivity contribution in [1.82, 2.24) is 15.2 Å². The number of fused-ring (bicyclic) bond motifs is 1. The molecule has 0 saturated carbocycles. The van der Waals surface area contributed by atoms with Crippen LogP contribution in [0.15, 0.2) is 36.5 Å². The first-order chi connectivity index (χ1) is 12.4. The molecule has 4 nitrogen and oxygen atoms in total. The third-order valence-electron chi connectivity index (χ3n) is 5.68. The summed E-state index contributed by atoms with van der Waals surface area (Å²) in [6, 6.07) is 10.8. The molecule has 4 heteroatoms. The lowest BCUT2D eigenvalue weighted by Crippen LogP contribution is -2.39. The maximum absolute atomic E-state index is 5.83. The lowest BCUT2D eigenvalue weighted by molar-refractivity contribution is 0.0175. The molecular weight excluding hydrogens is 310 g/mol. The van der Waals surface area contributed by atoms with E-state index in [-0.39, 0.29) is 0 Å². The summed E-state index contributed by atoms with van der Waals surface area (Å²) in [5.74, 6) is 0.875. The van der Waals surface area contributed by atoms with Crippen molar-refractivity contribution in [2.45, 2.75) is 38.3 Å². The lowest BCUT2D eigenvalue weighted by atomic mass is 9.90. The average Bonchev–Trinajstić information content (AvgIpc) is 2.68. The molecule has 1 atom stereocenters. The van der Waals surface area contributed by atoms with Crippen molar-refractivity contribution in [3.8, 4) is 0 Å². The number of piperidine rings is 1. The zero-order valence-electron chi connectivity index (χ0n) is 15.0. The molecule has 25 heavy (non-hydrogen) atoms. The van der Waals surface area contributed by atoms with Crippen molar-refractivity contribution in [3.63, 3.8) is 0 Å². The molecule has 0 spiro atoms. The Morgan fingerprint density at radius 2 is 2.08 bits per heavy atom. The Balaban J connectivity index is 1.24. The fourth-order valence-corrected chi connectivity index (χ4v) is 4.13. The van der Waals surface area contributed by atoms with E-state index in [0.717, 1.165) is 37.7 Å². The summed E-state index contributed by atoms with van der Waals surface area (Å²) in [4.78, 5) is 7.08. The molecular formula is C21H29N3O. The fourth-order valence-electron chi connectivity index (χ4n) is 4.13. The first-order valence-electron chi connectivity index (χ1n) is 9.75. The molecule has 1 N–H and O–H groups in total. The second-order valence-electron chi connectivity index (χ2n) is 7.52. The van der Waals surface area contributed by atoms with E-state index in [2.05, 4.69) is 39.5 Å². The molecule has 2 aromatic rings. The van der Waals surface area contributed by atoms with E-state index in [0.29, 0.717) is 6.10 Å². The van der Waals surface area contributed by atoms with Crippen LogP contribution in [0, 0.1) is 5.92 Å². The number of hydrogen-bond donors (Lipinski definition) is 1. The van der Waals surface area contributed by atoms with E-state index in [4.69, 9.17) is 4.74 Å². The van der Waals surface area contributed by atoms with Gasteiger partial charge in [0.15, 0.2) is 0 Å². The Labute approximate surface area is 150 Å². The second-order valence-corrected chi connectivity index (χ2v) is 7.52. The van der Waals surface area contributed by atoms with Crippen molar-refractivity contribution in [1.29, 1.82) is 0 Å². The van der Waals surface area contributed by atoms with Crippen LogP contribution in [0.25, 0.3) is 10.9 Å². The number of rotatable bonds is 5. The molecule has 2 fully saturated rings. The van der Waals surface area contributed by atoms with Gasteiger partial charge in [0.2, 0.25) is 0 Å². The first kappa shape index (κ1) is 17.0. The summed E-state index contributed by atoms with van der Waals surface area (Å²) in [6.07, 6.45) is 7.51. The van der Waals surface area contributed by atoms with Crippen molar-refractivity contribution in [2.75, 3.05) is 32.8 Å². The van der Waals surface area contributed by atoms with Crippen LogP contribution in [-0.4, -0.2) is 48.8 Å². The highest BCUT2D eigenvalue weighted by atomic mass is 16.5. The fraction of sp³-hybridized carbons (Fsp3) is 0.571. The van der Waals surface area contributed by atoms with E-state index in [1.807, 2.05) is 12.3 Å². The topological polar surface area (TPSA) is 37.4 Å². The Kier molecular flexibility index (Phi) is 5.60. The molecule has 1 aromatic heterocycles. The van der Waals surface area contributed by atoms with Crippen molar-refractivity contribution in [3.05, 3.63) is 42.1 Å². The number of hydrogen-bond acceptors (Lipinski definition) is 4. The summed E-state index contributed by atoms with van der Waals surface area (Å²) in [5, 5.41) is 4.66. The molecule has 134 valence electrons. The van der Waals surface area contributed by atoms with Gasteiger partial charge in [0.05, 0.1) is 18.2 Å². The monoisotopic (exact) mass is 339 g/mol. The highest BCUT2D eigenvalue weighted by Crippen LogP contribution is 2.25. The van der Waals surface area contributed by atoms with Gasteiger partial charge in [-0.3, -0.25) is 9.88 Å². The second kappa shape index (κ2) is 8.26. The molecule has 3 heterocycles. The number of likely N-dealkylation sites (tertiary alicyclic amines) is 1. The van der Waals surface area contributed by atoms with Crippen molar-refractivity contribution < 1.29 is 4.74 Å². The van der Waals surface area contributed by atoms with Crippen LogP contribution < -0.4 is 5.32 Å². The number of nitrogens with zero attached hydrogens (tertiary/aromatic N) is 2. The molecule has 2 aliphatic rings. The highest BCUT2D eigenvalue weighted by Gasteiger charge is 2.21. The van der Waals surface area contributed by atoms with Crippen LogP contribution in [0.5, 0.6) is 0 Å². The summed E-state index contributed by atoms with van der Waals surface area (Å²) in [5.41, 5.74) is 2.49. The van der Waals surface area contributed by atoms with Gasteiger partial charge in [-0.2, -0.15) is 0 Å². The molecule has 1 aromatic carbocycles. The Hall–Kier alpha value is -1.49. The smallest absolute Gasteiger partial charge is 0.0705 e. The number of benzene rings is 1. The van der Waals surface area contributed by atoms with Crippen LogP contribution in [0.1, 0.15) is 31.2 Å². The third kappa shape index (κ3) is 4.57. The van der Waals surface area contributed by atoms with Gasteiger partial charge in [-0.1, -0.05) is 18.2 Å². The van der Waals surface area contributed by atoms with Crippen LogP contribution in [0.2, 0.25) is 0 Å². The van der Waals surface area contributed by atoms with Crippen LogP contribution in [-0.2, 0) is 11.3 Å². The average molecular weight is 339 g/mol. The minimum atomic E-state index is 0.442. The standard InChI is InChI=1S/C21H29N3O/c1-2-19-5-3-18(14-21(19)23-9-1)16-24-11-7-17(8-12-24)4-6-20-15-22-10-13-25-20/h1-3,5,9,14,17,20,22H,4,6-8,10-13,15-16H2. The van der Waals surface area contributed by atoms with Gasteiger partial charge >= 0.3 is 0 Å². The van der Waals surface area contributed by atoms with Gasteiger partial charge < -0.3 is 10.1 Å². The minimum Gasteiger partial charge on any atom is -0.376 e. The zero-order valence-corrected chi connectivity index (χ0v) is 15.0. The van der Waals surface area contributed by atoms with Crippen molar-refractivity contribution in [2.24, 2.45) is 5.92 Å². The van der Waals surface area contributed by atoms with E-state index in [1.165, 1.54) is 49.7 Å². The number of pyridine rings is 1. The summed E-state index contributed by atoms with van der Waals surface area (Å²) in [7, 11) is 0. The summed E-state index contributed by atoms with van der Waals surface area (Å²) in [6.45, 7) is 6.41. The zero-order chi connectivity index (χ0) is 16.9. The van der Waals surface area contributed by atoms with E-state index >= 15 is 0 Å². The third-order valence-corrected chi connectivity index (χ3v) is 5.68. The van der Waals surface area contributed by atoms with Gasteiger partial charge in [-0.05, 0) is 62.4 Å². The van der Waals surface area contributed by atoms with Gasteiger partial charge in [0.1, 0.15) is 0 Å². The Morgan fingerprint density at radius 3 is 2.92 bits per heavy atom. The quantitative estimate of drug-likeness (QED) is 0.908. The number of ether oxygens (including phenoxy) is 1. The maximum atomic E-state index is 5.83. The molecule has 2 aliphatic heterocycles. The molecule has 4 rings (SSSR count). The van der Waals surface area contributed by atoms with Crippen LogP contribution in [0.3, 0.4) is 0 Å². The predicted molar refractivity (Wildman–Crippen MR) is 102 cm³/mol. The summed E-state index contributed by atoms with van der Waals surface area (Å²) < 4.78 is 5.83. The van der Waals surface area contributed by atoms with E-state index < -0.39 is 0 Å². The molecule has 0 radical (unpaired) electrons. The predicted octanol–water partition coefficient (Wildman–Crippen LogP) is 3.22. The largest absolute Gasteiger partial charge is 0.376 e. The van der Waals surface area contributed by atoms with Gasteiger partial charge in [0, 0.05) is 31.2 Å². The summed E-state index contributed by atoms with van der Waals surface area (Å²) >= 11 is 0. The highest BCUT2D eigenvalue weighted by molar-refractivity contribution is 5.78. The molecule has 0 amide bonds. The van der Waals surface area contributed by atoms with Gasteiger partial charge in [0.25, 0.3) is 0 Å². The normalized spacial score (nSPS) is 23.1.